The molecule has 0 unspecified atom stereocenters. The summed E-state index contributed by atoms with van der Waals surface area (Å²) in [6.07, 6.45) is 1.34. The largest absolute Gasteiger partial charge is 0.480 e. The van der Waals surface area contributed by atoms with Crippen LogP contribution in [0, 0.1) is 6.92 Å². The molecule has 3 nitrogen and oxygen atoms in total. The highest BCUT2D eigenvalue weighted by atomic mass is 16.4. The molecular formula is C15H14O3. The predicted molar refractivity (Wildman–Crippen MR) is 67.4 cm³/mol. The minimum absolute atomic E-state index is 0.575. The number of carboxylic acid groups (broad SMARTS) is 1. The maximum Gasteiger partial charge on any atom is 0.317 e. The zero-order valence-electron chi connectivity index (χ0n) is 10.1. The number of aliphatic carboxylic acids is 1. The molecular weight excluding hydrogens is 228 g/mol. The molecule has 0 atom stereocenters. The van der Waals surface area contributed by atoms with Gasteiger partial charge in [-0.25, -0.2) is 0 Å². The number of aryl methyl sites for hydroxylation is 1. The third kappa shape index (κ3) is 1.63. The summed E-state index contributed by atoms with van der Waals surface area (Å²) in [5.74, 6) is 0.524. The first-order valence-electron chi connectivity index (χ1n) is 6.03. The highest BCUT2D eigenvalue weighted by molar-refractivity contribution is 5.84. The monoisotopic (exact) mass is 242 g/mol. The Morgan fingerprint density at radius 3 is 2.39 bits per heavy atom. The van der Waals surface area contributed by atoms with E-state index in [1.807, 2.05) is 37.3 Å². The molecule has 3 heteroatoms. The fourth-order valence-electron chi connectivity index (χ4n) is 2.16. The topological polar surface area (TPSA) is 50.4 Å². The van der Waals surface area contributed by atoms with Gasteiger partial charge in [-0.15, -0.1) is 0 Å². The number of carboxylic acids is 1. The molecule has 3 rings (SSSR count). The predicted octanol–water partition coefficient (Wildman–Crippen LogP) is 3.37. The van der Waals surface area contributed by atoms with Gasteiger partial charge in [-0.05, 0) is 31.9 Å². The van der Waals surface area contributed by atoms with Crippen molar-refractivity contribution in [3.05, 3.63) is 47.7 Å². The van der Waals surface area contributed by atoms with Crippen LogP contribution in [-0.2, 0) is 10.2 Å². The number of benzene rings is 1. The maximum atomic E-state index is 11.2. The fraction of sp³-hybridized carbons (Fsp3) is 0.267. The van der Waals surface area contributed by atoms with Crippen LogP contribution >= 0.6 is 0 Å². The molecule has 1 aliphatic rings. The van der Waals surface area contributed by atoms with E-state index < -0.39 is 11.4 Å². The Morgan fingerprint density at radius 1 is 1.17 bits per heavy atom. The van der Waals surface area contributed by atoms with Crippen molar-refractivity contribution >= 4 is 5.97 Å². The van der Waals surface area contributed by atoms with E-state index in [-0.39, 0.29) is 0 Å². The Bertz CT molecular complexity index is 588. The van der Waals surface area contributed by atoms with Gasteiger partial charge in [-0.1, -0.05) is 29.8 Å². The SMILES string of the molecule is Cc1ccc(-c2ccc(C3(C(=O)O)CC3)o2)cc1. The molecule has 0 spiro atoms. The molecule has 0 radical (unpaired) electrons. The molecule has 18 heavy (non-hydrogen) atoms. The van der Waals surface area contributed by atoms with Gasteiger partial charge < -0.3 is 9.52 Å². The molecule has 1 saturated carbocycles. The molecule has 0 aliphatic heterocycles. The lowest BCUT2D eigenvalue weighted by atomic mass is 10.1. The Labute approximate surface area is 105 Å². The highest BCUT2D eigenvalue weighted by Gasteiger charge is 2.54. The summed E-state index contributed by atoms with van der Waals surface area (Å²) in [5.41, 5.74) is 1.41. The lowest BCUT2D eigenvalue weighted by Crippen LogP contribution is -2.18. The average molecular weight is 242 g/mol. The van der Waals surface area contributed by atoms with Crippen molar-refractivity contribution in [2.75, 3.05) is 0 Å². The van der Waals surface area contributed by atoms with Crippen LogP contribution in [0.4, 0.5) is 0 Å². The van der Waals surface area contributed by atoms with Crippen molar-refractivity contribution in [1.29, 1.82) is 0 Å². The van der Waals surface area contributed by atoms with Crippen LogP contribution in [0.2, 0.25) is 0 Å². The molecule has 1 heterocycles. The van der Waals surface area contributed by atoms with Gasteiger partial charge in [0.15, 0.2) is 0 Å². The standard InChI is InChI=1S/C15H14O3/c1-10-2-4-11(5-3-10)12-6-7-13(18-12)15(8-9-15)14(16)17/h2-7H,8-9H2,1H3,(H,16,17). The summed E-state index contributed by atoms with van der Waals surface area (Å²) in [4.78, 5) is 11.2. The van der Waals surface area contributed by atoms with E-state index in [1.165, 1.54) is 5.56 Å². The number of furan rings is 1. The van der Waals surface area contributed by atoms with Crippen LogP contribution in [0.25, 0.3) is 11.3 Å². The lowest BCUT2D eigenvalue weighted by molar-refractivity contribution is -0.140. The van der Waals surface area contributed by atoms with E-state index >= 15 is 0 Å². The van der Waals surface area contributed by atoms with Crippen LogP contribution in [0.15, 0.2) is 40.8 Å². The summed E-state index contributed by atoms with van der Waals surface area (Å²) in [6.45, 7) is 2.03. The van der Waals surface area contributed by atoms with Crippen LogP contribution in [-0.4, -0.2) is 11.1 Å². The Balaban J connectivity index is 1.95. The fourth-order valence-corrected chi connectivity index (χ4v) is 2.16. The van der Waals surface area contributed by atoms with Crippen molar-refractivity contribution in [3.63, 3.8) is 0 Å². The van der Waals surface area contributed by atoms with Crippen molar-refractivity contribution in [2.45, 2.75) is 25.2 Å². The molecule has 1 aromatic heterocycles. The Morgan fingerprint density at radius 2 is 1.83 bits per heavy atom. The number of carbonyl (C=O) groups is 1. The summed E-state index contributed by atoms with van der Waals surface area (Å²) >= 11 is 0. The van der Waals surface area contributed by atoms with Crippen LogP contribution in [0.1, 0.15) is 24.2 Å². The highest BCUT2D eigenvalue weighted by Crippen LogP contribution is 2.49. The quantitative estimate of drug-likeness (QED) is 0.897. The Hall–Kier alpha value is -2.03. The zero-order chi connectivity index (χ0) is 12.8. The summed E-state index contributed by atoms with van der Waals surface area (Å²) in [7, 11) is 0. The zero-order valence-corrected chi connectivity index (χ0v) is 10.1. The molecule has 1 fully saturated rings. The molecule has 1 N–H and O–H groups in total. The molecule has 0 bridgehead atoms. The molecule has 2 aromatic rings. The van der Waals surface area contributed by atoms with Crippen molar-refractivity contribution in [2.24, 2.45) is 0 Å². The first-order valence-corrected chi connectivity index (χ1v) is 6.03. The molecule has 1 aromatic carbocycles. The smallest absolute Gasteiger partial charge is 0.317 e. The second kappa shape index (κ2) is 3.73. The van der Waals surface area contributed by atoms with Crippen LogP contribution < -0.4 is 0 Å². The van der Waals surface area contributed by atoms with Crippen molar-refractivity contribution in [3.8, 4) is 11.3 Å². The summed E-state index contributed by atoms with van der Waals surface area (Å²) in [5, 5.41) is 9.21. The second-order valence-electron chi connectivity index (χ2n) is 4.92. The number of rotatable bonds is 3. The van der Waals surface area contributed by atoms with Crippen LogP contribution in [0.5, 0.6) is 0 Å². The number of hydrogen-bond donors (Lipinski definition) is 1. The first-order chi connectivity index (χ1) is 8.62. The van der Waals surface area contributed by atoms with Gasteiger partial charge in [-0.3, -0.25) is 4.79 Å². The molecule has 1 aliphatic carbocycles. The van der Waals surface area contributed by atoms with Gasteiger partial charge in [0.2, 0.25) is 0 Å². The molecule has 0 saturated heterocycles. The molecule has 0 amide bonds. The third-order valence-electron chi connectivity index (χ3n) is 3.57. The van der Waals surface area contributed by atoms with Crippen LogP contribution in [0.3, 0.4) is 0 Å². The van der Waals surface area contributed by atoms with E-state index in [0.717, 1.165) is 11.3 Å². The Kier molecular flexibility index (Phi) is 2.30. The summed E-state index contributed by atoms with van der Waals surface area (Å²) in [6, 6.07) is 11.6. The lowest BCUT2D eigenvalue weighted by Gasteiger charge is -2.05. The third-order valence-corrected chi connectivity index (χ3v) is 3.57. The van der Waals surface area contributed by atoms with E-state index in [9.17, 15) is 9.90 Å². The second-order valence-corrected chi connectivity index (χ2v) is 4.92. The van der Waals surface area contributed by atoms with Gasteiger partial charge >= 0.3 is 5.97 Å². The minimum Gasteiger partial charge on any atom is -0.480 e. The van der Waals surface area contributed by atoms with E-state index in [2.05, 4.69) is 0 Å². The van der Waals surface area contributed by atoms with Gasteiger partial charge in [0.05, 0.1) is 0 Å². The van der Waals surface area contributed by atoms with Crippen molar-refractivity contribution < 1.29 is 14.3 Å². The van der Waals surface area contributed by atoms with Gasteiger partial charge in [-0.2, -0.15) is 0 Å². The van der Waals surface area contributed by atoms with Gasteiger partial charge in [0.1, 0.15) is 16.9 Å². The van der Waals surface area contributed by atoms with Gasteiger partial charge in [0, 0.05) is 5.56 Å². The first kappa shape index (κ1) is 11.1. The van der Waals surface area contributed by atoms with E-state index in [1.54, 1.807) is 6.07 Å². The average Bonchev–Trinajstić information content (AvgIpc) is 3.03. The maximum absolute atomic E-state index is 11.2. The molecule has 92 valence electrons. The summed E-state index contributed by atoms with van der Waals surface area (Å²) < 4.78 is 5.72. The van der Waals surface area contributed by atoms with Gasteiger partial charge in [0.25, 0.3) is 0 Å². The minimum atomic E-state index is -0.785. The van der Waals surface area contributed by atoms with Crippen molar-refractivity contribution in [1.82, 2.24) is 0 Å². The number of hydrogen-bond acceptors (Lipinski definition) is 2. The normalized spacial score (nSPS) is 16.5. The van der Waals surface area contributed by atoms with E-state index in [4.69, 9.17) is 4.42 Å². The van der Waals surface area contributed by atoms with E-state index in [0.29, 0.717) is 18.6 Å².